The SMILES string of the molecule is CC1CCc2sc(C(=O)NC3CCN(C(=O)Nc4ccccc4)CC3)cc2C1. The van der Waals surface area contributed by atoms with E-state index in [2.05, 4.69) is 23.6 Å². The first kappa shape index (κ1) is 19.0. The number of fused-ring (bicyclic) bond motifs is 1. The molecule has 1 fully saturated rings. The Kier molecular flexibility index (Phi) is 5.67. The Hall–Kier alpha value is -2.34. The fourth-order valence-corrected chi connectivity index (χ4v) is 5.14. The molecule has 0 saturated carbocycles. The molecule has 5 nitrogen and oxygen atoms in total. The van der Waals surface area contributed by atoms with Gasteiger partial charge in [0.25, 0.3) is 5.91 Å². The number of piperidine rings is 1. The zero-order chi connectivity index (χ0) is 19.5. The molecule has 1 aliphatic heterocycles. The molecule has 1 unspecified atom stereocenters. The van der Waals surface area contributed by atoms with Crippen LogP contribution >= 0.6 is 11.3 Å². The van der Waals surface area contributed by atoms with Gasteiger partial charge in [-0.15, -0.1) is 11.3 Å². The van der Waals surface area contributed by atoms with Crippen LogP contribution in [0.1, 0.15) is 46.3 Å². The van der Waals surface area contributed by atoms with E-state index < -0.39 is 0 Å². The van der Waals surface area contributed by atoms with E-state index in [1.54, 1.807) is 11.3 Å². The number of amides is 3. The molecule has 2 N–H and O–H groups in total. The maximum atomic E-state index is 12.7. The van der Waals surface area contributed by atoms with E-state index in [9.17, 15) is 9.59 Å². The van der Waals surface area contributed by atoms with Gasteiger partial charge < -0.3 is 15.5 Å². The average molecular weight is 398 g/mol. The van der Waals surface area contributed by atoms with E-state index in [4.69, 9.17) is 0 Å². The van der Waals surface area contributed by atoms with Gasteiger partial charge in [0.05, 0.1) is 4.88 Å². The number of urea groups is 1. The van der Waals surface area contributed by atoms with Gasteiger partial charge >= 0.3 is 6.03 Å². The fraction of sp³-hybridized carbons (Fsp3) is 0.455. The van der Waals surface area contributed by atoms with Crippen molar-refractivity contribution in [3.63, 3.8) is 0 Å². The van der Waals surface area contributed by atoms with Gasteiger partial charge in [0.2, 0.25) is 0 Å². The Morgan fingerprint density at radius 2 is 1.86 bits per heavy atom. The molecule has 1 aliphatic carbocycles. The Bertz CT molecular complexity index is 841. The topological polar surface area (TPSA) is 61.4 Å². The lowest BCUT2D eigenvalue weighted by atomic mass is 9.90. The van der Waals surface area contributed by atoms with Crippen LogP contribution in [0.4, 0.5) is 10.5 Å². The Balaban J connectivity index is 1.27. The van der Waals surface area contributed by atoms with Crippen molar-refractivity contribution in [3.05, 3.63) is 51.7 Å². The summed E-state index contributed by atoms with van der Waals surface area (Å²) in [6.07, 6.45) is 4.99. The summed E-state index contributed by atoms with van der Waals surface area (Å²) < 4.78 is 0. The number of likely N-dealkylation sites (tertiary alicyclic amines) is 1. The highest BCUT2D eigenvalue weighted by Crippen LogP contribution is 2.32. The molecule has 4 rings (SSSR count). The summed E-state index contributed by atoms with van der Waals surface area (Å²) in [5, 5.41) is 6.10. The predicted octanol–water partition coefficient (Wildman–Crippen LogP) is 4.30. The number of carbonyl (C=O) groups is 2. The Labute approximate surface area is 170 Å². The molecule has 3 amide bonds. The minimum absolute atomic E-state index is 0.0410. The maximum Gasteiger partial charge on any atom is 0.321 e. The van der Waals surface area contributed by atoms with Crippen molar-refractivity contribution in [2.75, 3.05) is 18.4 Å². The highest BCUT2D eigenvalue weighted by atomic mass is 32.1. The van der Waals surface area contributed by atoms with Gasteiger partial charge in [-0.2, -0.15) is 0 Å². The molecular formula is C22H27N3O2S. The van der Waals surface area contributed by atoms with Crippen LogP contribution in [-0.2, 0) is 12.8 Å². The van der Waals surface area contributed by atoms with E-state index in [0.29, 0.717) is 19.0 Å². The first-order valence-corrected chi connectivity index (χ1v) is 10.9. The molecule has 1 aromatic carbocycles. The summed E-state index contributed by atoms with van der Waals surface area (Å²) in [5.41, 5.74) is 2.17. The number of rotatable bonds is 3. The smallest absolute Gasteiger partial charge is 0.321 e. The number of anilines is 1. The number of benzene rings is 1. The fourth-order valence-electron chi connectivity index (χ4n) is 4.03. The summed E-state index contributed by atoms with van der Waals surface area (Å²) in [6, 6.07) is 11.6. The third-order valence-electron chi connectivity index (χ3n) is 5.70. The average Bonchev–Trinajstić information content (AvgIpc) is 3.12. The first-order chi connectivity index (χ1) is 13.6. The second kappa shape index (κ2) is 8.35. The van der Waals surface area contributed by atoms with Gasteiger partial charge in [-0.05, 0) is 61.8 Å². The number of aryl methyl sites for hydroxylation is 1. The third-order valence-corrected chi connectivity index (χ3v) is 6.93. The highest BCUT2D eigenvalue weighted by Gasteiger charge is 2.26. The van der Waals surface area contributed by atoms with Gasteiger partial charge in [0.1, 0.15) is 0 Å². The monoisotopic (exact) mass is 397 g/mol. The van der Waals surface area contributed by atoms with Crippen LogP contribution < -0.4 is 10.6 Å². The third kappa shape index (κ3) is 4.38. The van der Waals surface area contributed by atoms with Gasteiger partial charge in [-0.1, -0.05) is 25.1 Å². The lowest BCUT2D eigenvalue weighted by Crippen LogP contribution is -2.47. The molecule has 6 heteroatoms. The molecular weight excluding hydrogens is 370 g/mol. The van der Waals surface area contributed by atoms with Crippen molar-refractivity contribution in [3.8, 4) is 0 Å². The van der Waals surface area contributed by atoms with Gasteiger partial charge in [-0.25, -0.2) is 4.79 Å². The van der Waals surface area contributed by atoms with Crippen LogP contribution in [0, 0.1) is 5.92 Å². The van der Waals surface area contributed by atoms with Crippen molar-refractivity contribution in [1.29, 1.82) is 0 Å². The molecule has 0 radical (unpaired) electrons. The van der Waals surface area contributed by atoms with Crippen molar-refractivity contribution in [1.82, 2.24) is 10.2 Å². The molecule has 2 aromatic rings. The van der Waals surface area contributed by atoms with Gasteiger partial charge in [0.15, 0.2) is 0 Å². The number of nitrogens with one attached hydrogen (secondary N) is 2. The van der Waals surface area contributed by atoms with E-state index in [1.807, 2.05) is 35.2 Å². The number of para-hydroxylation sites is 1. The lowest BCUT2D eigenvalue weighted by Gasteiger charge is -2.32. The van der Waals surface area contributed by atoms with Crippen LogP contribution in [0.25, 0.3) is 0 Å². The minimum atomic E-state index is -0.0731. The molecule has 0 bridgehead atoms. The molecule has 0 spiro atoms. The van der Waals surface area contributed by atoms with Crippen molar-refractivity contribution in [2.45, 2.75) is 45.1 Å². The zero-order valence-electron chi connectivity index (χ0n) is 16.2. The van der Waals surface area contributed by atoms with Gasteiger partial charge in [-0.3, -0.25) is 4.79 Å². The first-order valence-electron chi connectivity index (χ1n) is 10.1. The van der Waals surface area contributed by atoms with Crippen LogP contribution in [0.5, 0.6) is 0 Å². The van der Waals surface area contributed by atoms with Crippen LogP contribution in [0.2, 0.25) is 0 Å². The summed E-state index contributed by atoms with van der Waals surface area (Å²) in [7, 11) is 0. The zero-order valence-corrected chi connectivity index (χ0v) is 17.1. The Morgan fingerprint density at radius 3 is 2.61 bits per heavy atom. The molecule has 2 heterocycles. The van der Waals surface area contributed by atoms with E-state index in [-0.39, 0.29) is 18.0 Å². The second-order valence-corrected chi connectivity index (χ2v) is 9.07. The second-order valence-electron chi connectivity index (χ2n) is 7.94. The molecule has 148 valence electrons. The van der Waals surface area contributed by atoms with E-state index in [0.717, 1.165) is 36.2 Å². The lowest BCUT2D eigenvalue weighted by molar-refractivity contribution is 0.0923. The van der Waals surface area contributed by atoms with E-state index >= 15 is 0 Å². The number of hydrogen-bond acceptors (Lipinski definition) is 3. The quantitative estimate of drug-likeness (QED) is 0.811. The largest absolute Gasteiger partial charge is 0.348 e. The molecule has 28 heavy (non-hydrogen) atoms. The highest BCUT2D eigenvalue weighted by molar-refractivity contribution is 7.14. The maximum absolute atomic E-state index is 12.7. The van der Waals surface area contributed by atoms with E-state index in [1.165, 1.54) is 16.9 Å². The van der Waals surface area contributed by atoms with Crippen molar-refractivity contribution >= 4 is 29.0 Å². The van der Waals surface area contributed by atoms with Gasteiger partial charge in [0, 0.05) is 29.7 Å². The van der Waals surface area contributed by atoms with Crippen LogP contribution in [0.15, 0.2) is 36.4 Å². The summed E-state index contributed by atoms with van der Waals surface area (Å²) in [4.78, 5) is 29.1. The molecule has 2 aliphatic rings. The number of carbonyl (C=O) groups excluding carboxylic acids is 2. The van der Waals surface area contributed by atoms with Crippen LogP contribution in [-0.4, -0.2) is 36.0 Å². The summed E-state index contributed by atoms with van der Waals surface area (Å²) in [5.74, 6) is 0.753. The number of nitrogens with zero attached hydrogens (tertiary/aromatic N) is 1. The van der Waals surface area contributed by atoms with Crippen molar-refractivity contribution < 1.29 is 9.59 Å². The number of thiophene rings is 1. The number of hydrogen-bond donors (Lipinski definition) is 2. The summed E-state index contributed by atoms with van der Waals surface area (Å²) >= 11 is 1.65. The van der Waals surface area contributed by atoms with Crippen LogP contribution in [0.3, 0.4) is 0 Å². The standard InChI is InChI=1S/C22H27N3O2S/c1-15-7-8-19-16(13-15)14-20(28-19)21(26)23-18-9-11-25(12-10-18)22(27)24-17-5-3-2-4-6-17/h2-6,14-15,18H,7-13H2,1H3,(H,23,26)(H,24,27). The molecule has 1 aromatic heterocycles. The normalized spacial score (nSPS) is 19.8. The Morgan fingerprint density at radius 1 is 1.11 bits per heavy atom. The summed E-state index contributed by atoms with van der Waals surface area (Å²) in [6.45, 7) is 3.59. The minimum Gasteiger partial charge on any atom is -0.348 e. The molecule has 1 saturated heterocycles. The van der Waals surface area contributed by atoms with Crippen molar-refractivity contribution in [2.24, 2.45) is 5.92 Å². The molecule has 1 atom stereocenters. The predicted molar refractivity (Wildman–Crippen MR) is 113 cm³/mol.